The number of benzene rings is 3. The van der Waals surface area contributed by atoms with Gasteiger partial charge in [-0.25, -0.2) is 4.98 Å². The highest BCUT2D eigenvalue weighted by Crippen LogP contribution is 2.35. The third-order valence-corrected chi connectivity index (χ3v) is 5.96. The largest absolute Gasteiger partial charge is 0.326 e. The van der Waals surface area contributed by atoms with Gasteiger partial charge in [-0.3, -0.25) is 4.79 Å². The van der Waals surface area contributed by atoms with Gasteiger partial charge in [-0.1, -0.05) is 29.8 Å². The number of pyridine rings is 1. The summed E-state index contributed by atoms with van der Waals surface area (Å²) in [5.74, 6) is 0.922. The van der Waals surface area contributed by atoms with Crippen LogP contribution in [0.3, 0.4) is 0 Å². The third-order valence-electron chi connectivity index (χ3n) is 5.96. The second kappa shape index (κ2) is 7.55. The van der Waals surface area contributed by atoms with Crippen molar-refractivity contribution in [3.63, 3.8) is 0 Å². The van der Waals surface area contributed by atoms with E-state index in [0.717, 1.165) is 41.2 Å². The Morgan fingerprint density at radius 3 is 2.42 bits per heavy atom. The summed E-state index contributed by atoms with van der Waals surface area (Å²) in [6.45, 7) is 7.04. The molecule has 4 heteroatoms. The van der Waals surface area contributed by atoms with Crippen molar-refractivity contribution in [1.82, 2.24) is 4.98 Å². The number of fused-ring (bicyclic) bond motifs is 2. The van der Waals surface area contributed by atoms with Gasteiger partial charge in [0.05, 0.1) is 5.52 Å². The molecule has 2 heterocycles. The molecule has 0 fully saturated rings. The van der Waals surface area contributed by atoms with Crippen molar-refractivity contribution in [2.24, 2.45) is 0 Å². The van der Waals surface area contributed by atoms with E-state index in [4.69, 9.17) is 4.98 Å². The lowest BCUT2D eigenvalue weighted by molar-refractivity contribution is 0.102. The van der Waals surface area contributed by atoms with Gasteiger partial charge in [0.25, 0.3) is 5.91 Å². The number of amides is 1. The highest BCUT2D eigenvalue weighted by atomic mass is 16.1. The zero-order chi connectivity index (χ0) is 21.5. The molecule has 5 rings (SSSR count). The Bertz CT molecular complexity index is 1310. The van der Waals surface area contributed by atoms with Crippen molar-refractivity contribution in [2.75, 3.05) is 16.8 Å². The first-order valence-electron chi connectivity index (χ1n) is 10.6. The Kier molecular flexibility index (Phi) is 4.70. The van der Waals surface area contributed by atoms with Gasteiger partial charge in [0, 0.05) is 28.9 Å². The molecule has 0 saturated heterocycles. The average Bonchev–Trinajstić information content (AvgIpc) is 3.17. The molecular weight excluding hydrogens is 382 g/mol. The van der Waals surface area contributed by atoms with Gasteiger partial charge in [-0.2, -0.15) is 0 Å². The maximum atomic E-state index is 12.7. The lowest BCUT2D eigenvalue weighted by Crippen LogP contribution is -2.16. The van der Waals surface area contributed by atoms with Crippen molar-refractivity contribution >= 4 is 34.0 Å². The van der Waals surface area contributed by atoms with E-state index in [-0.39, 0.29) is 5.91 Å². The Balaban J connectivity index is 1.39. The maximum absolute atomic E-state index is 12.7. The van der Waals surface area contributed by atoms with Crippen LogP contribution in [-0.4, -0.2) is 17.4 Å². The van der Waals surface area contributed by atoms with Gasteiger partial charge in [0.1, 0.15) is 5.82 Å². The fourth-order valence-electron chi connectivity index (χ4n) is 4.26. The summed E-state index contributed by atoms with van der Waals surface area (Å²) in [5.41, 5.74) is 8.30. The van der Waals surface area contributed by atoms with E-state index in [0.29, 0.717) is 5.56 Å². The Morgan fingerprint density at radius 1 is 0.903 bits per heavy atom. The minimum absolute atomic E-state index is 0.0973. The molecule has 0 aliphatic carbocycles. The van der Waals surface area contributed by atoms with E-state index in [9.17, 15) is 4.79 Å². The molecule has 3 aromatic carbocycles. The molecule has 31 heavy (non-hydrogen) atoms. The van der Waals surface area contributed by atoms with Gasteiger partial charge >= 0.3 is 0 Å². The second-order valence-corrected chi connectivity index (χ2v) is 8.39. The predicted molar refractivity (Wildman–Crippen MR) is 128 cm³/mol. The van der Waals surface area contributed by atoms with Crippen LogP contribution < -0.4 is 10.2 Å². The van der Waals surface area contributed by atoms with Gasteiger partial charge in [-0.05, 0) is 86.3 Å². The molecule has 0 spiro atoms. The molecule has 1 aliphatic rings. The Morgan fingerprint density at radius 2 is 1.65 bits per heavy atom. The number of nitrogens with zero attached hydrogens (tertiary/aromatic N) is 2. The van der Waals surface area contributed by atoms with Gasteiger partial charge in [-0.15, -0.1) is 0 Å². The molecule has 154 valence electrons. The molecule has 1 amide bonds. The SMILES string of the molecule is Cc1ccc(NC(=O)c2ccc(N3CCc4cc5ccc(C)cc5nc43)cc2)c(C)c1. The summed E-state index contributed by atoms with van der Waals surface area (Å²) in [6, 6.07) is 22.5. The van der Waals surface area contributed by atoms with Crippen LogP contribution >= 0.6 is 0 Å². The molecule has 0 radical (unpaired) electrons. The molecule has 4 aromatic rings. The number of hydrogen-bond donors (Lipinski definition) is 1. The van der Waals surface area contributed by atoms with Crippen LogP contribution in [0.1, 0.15) is 32.6 Å². The van der Waals surface area contributed by atoms with Crippen molar-refractivity contribution < 1.29 is 4.79 Å². The zero-order valence-corrected chi connectivity index (χ0v) is 18.1. The van der Waals surface area contributed by atoms with Crippen LogP contribution in [0.2, 0.25) is 0 Å². The fourth-order valence-corrected chi connectivity index (χ4v) is 4.26. The van der Waals surface area contributed by atoms with Gasteiger partial charge in [0.15, 0.2) is 0 Å². The monoisotopic (exact) mass is 407 g/mol. The summed E-state index contributed by atoms with van der Waals surface area (Å²) < 4.78 is 0. The van der Waals surface area contributed by atoms with Crippen LogP contribution in [0.25, 0.3) is 10.9 Å². The number of carbonyl (C=O) groups excluding carboxylic acids is 1. The van der Waals surface area contributed by atoms with Crippen LogP contribution in [-0.2, 0) is 6.42 Å². The van der Waals surface area contributed by atoms with E-state index < -0.39 is 0 Å². The summed E-state index contributed by atoms with van der Waals surface area (Å²) >= 11 is 0. The lowest BCUT2D eigenvalue weighted by atomic mass is 10.1. The molecule has 1 aliphatic heterocycles. The average molecular weight is 408 g/mol. The highest BCUT2D eigenvalue weighted by Gasteiger charge is 2.23. The fraction of sp³-hybridized carbons (Fsp3) is 0.185. The minimum Gasteiger partial charge on any atom is -0.326 e. The normalized spacial score (nSPS) is 12.8. The van der Waals surface area contributed by atoms with E-state index >= 15 is 0 Å². The lowest BCUT2D eigenvalue weighted by Gasteiger charge is -2.19. The highest BCUT2D eigenvalue weighted by molar-refractivity contribution is 6.04. The van der Waals surface area contributed by atoms with E-state index in [2.05, 4.69) is 47.5 Å². The number of hydrogen-bond acceptors (Lipinski definition) is 3. The minimum atomic E-state index is -0.0973. The third kappa shape index (κ3) is 3.66. The van der Waals surface area contributed by atoms with Crippen molar-refractivity contribution in [3.05, 3.63) is 94.5 Å². The van der Waals surface area contributed by atoms with Crippen molar-refractivity contribution in [1.29, 1.82) is 0 Å². The summed E-state index contributed by atoms with van der Waals surface area (Å²) in [6.07, 6.45) is 0.973. The molecule has 1 N–H and O–H groups in total. The quantitative estimate of drug-likeness (QED) is 0.446. The smallest absolute Gasteiger partial charge is 0.255 e. The molecule has 4 nitrogen and oxygen atoms in total. The zero-order valence-electron chi connectivity index (χ0n) is 18.1. The Hall–Kier alpha value is -3.66. The number of aromatic nitrogens is 1. The van der Waals surface area contributed by atoms with E-state index in [1.54, 1.807) is 0 Å². The second-order valence-electron chi connectivity index (χ2n) is 8.39. The molecule has 0 saturated carbocycles. The Labute approximate surface area is 182 Å². The summed E-state index contributed by atoms with van der Waals surface area (Å²) in [7, 11) is 0. The van der Waals surface area contributed by atoms with Crippen LogP contribution in [0.4, 0.5) is 17.2 Å². The molecular formula is C27H25N3O. The standard InChI is InChI=1S/C27H25N3O/c1-17-5-11-24(19(3)14-17)29-27(31)20-7-9-23(10-8-20)30-13-12-22-16-21-6-4-18(2)15-25(21)28-26(22)30/h4-11,14-16H,12-13H2,1-3H3,(H,29,31). The van der Waals surface area contributed by atoms with Crippen LogP contribution in [0, 0.1) is 20.8 Å². The number of anilines is 3. The topological polar surface area (TPSA) is 45.2 Å². The number of nitrogens with one attached hydrogen (secondary N) is 1. The first kappa shape index (κ1) is 19.3. The first-order chi connectivity index (χ1) is 15.0. The molecule has 0 unspecified atom stereocenters. The van der Waals surface area contributed by atoms with Crippen molar-refractivity contribution in [3.8, 4) is 0 Å². The van der Waals surface area contributed by atoms with Gasteiger partial charge in [0.2, 0.25) is 0 Å². The predicted octanol–water partition coefficient (Wildman–Crippen LogP) is 6.11. The molecule has 1 aromatic heterocycles. The van der Waals surface area contributed by atoms with Crippen molar-refractivity contribution in [2.45, 2.75) is 27.2 Å². The van der Waals surface area contributed by atoms with Gasteiger partial charge < -0.3 is 10.2 Å². The summed E-state index contributed by atoms with van der Waals surface area (Å²) in [4.78, 5) is 19.9. The summed E-state index contributed by atoms with van der Waals surface area (Å²) in [5, 5.41) is 4.20. The molecule has 0 bridgehead atoms. The maximum Gasteiger partial charge on any atom is 0.255 e. The first-order valence-corrected chi connectivity index (χ1v) is 10.6. The number of aryl methyl sites for hydroxylation is 3. The van der Waals surface area contributed by atoms with Crippen LogP contribution in [0.15, 0.2) is 66.7 Å². The number of rotatable bonds is 3. The number of carbonyl (C=O) groups is 1. The molecule has 0 atom stereocenters. The van der Waals surface area contributed by atoms with Crippen LogP contribution in [0.5, 0.6) is 0 Å². The van der Waals surface area contributed by atoms with E-state index in [1.165, 1.54) is 22.1 Å². The van der Waals surface area contributed by atoms with E-state index in [1.807, 2.05) is 50.2 Å².